The molecule has 86 valence electrons. The molecule has 0 heterocycles. The number of nitrogens with zero attached hydrogens (tertiary/aromatic N) is 1. The van der Waals surface area contributed by atoms with Gasteiger partial charge in [0, 0.05) is 5.02 Å². The smallest absolute Gasteiger partial charge is 0.303 e. The molecule has 0 fully saturated rings. The van der Waals surface area contributed by atoms with Crippen LogP contribution in [-0.4, -0.2) is 9.79 Å². The van der Waals surface area contributed by atoms with Crippen molar-refractivity contribution in [2.24, 2.45) is 0 Å². The van der Waals surface area contributed by atoms with E-state index in [9.17, 15) is 4.57 Å². The molecular weight excluding hydrogens is 253 g/mol. The molecule has 0 aliphatic heterocycles. The molecule has 0 radical (unpaired) electrons. The molecule has 1 rings (SSSR count). The highest BCUT2D eigenvalue weighted by Gasteiger charge is 2.23. The van der Waals surface area contributed by atoms with Gasteiger partial charge in [0.2, 0.25) is 0 Å². The molecule has 0 amide bonds. The molecular formula is C9H9ClNO4P. The first-order valence-corrected chi connectivity index (χ1v) is 6.19. The third kappa shape index (κ3) is 4.31. The first-order chi connectivity index (χ1) is 7.42. The summed E-state index contributed by atoms with van der Waals surface area (Å²) in [5.74, 6) is 0. The Morgan fingerprint density at radius 2 is 2.00 bits per heavy atom. The summed E-state index contributed by atoms with van der Waals surface area (Å²) < 4.78 is 15.2. The van der Waals surface area contributed by atoms with Crippen LogP contribution in [0, 0.1) is 11.3 Å². The zero-order valence-electron chi connectivity index (χ0n) is 8.08. The van der Waals surface area contributed by atoms with Crippen molar-refractivity contribution in [3.05, 3.63) is 34.9 Å². The van der Waals surface area contributed by atoms with Crippen LogP contribution in [-0.2, 0) is 9.09 Å². The van der Waals surface area contributed by atoms with Gasteiger partial charge in [0.25, 0.3) is 0 Å². The van der Waals surface area contributed by atoms with Gasteiger partial charge in [-0.15, -0.1) is 0 Å². The quantitative estimate of drug-likeness (QED) is 0.812. The van der Waals surface area contributed by atoms with Crippen LogP contribution in [0.4, 0.5) is 0 Å². The molecule has 1 atom stereocenters. The van der Waals surface area contributed by atoms with E-state index in [1.807, 2.05) is 0 Å². The van der Waals surface area contributed by atoms with Crippen molar-refractivity contribution in [3.63, 3.8) is 0 Å². The molecule has 0 bridgehead atoms. The van der Waals surface area contributed by atoms with Gasteiger partial charge >= 0.3 is 7.82 Å². The van der Waals surface area contributed by atoms with Gasteiger partial charge in [-0.25, -0.2) is 4.57 Å². The van der Waals surface area contributed by atoms with E-state index in [0.717, 1.165) is 0 Å². The van der Waals surface area contributed by atoms with E-state index in [1.54, 1.807) is 30.3 Å². The van der Waals surface area contributed by atoms with Crippen LogP contribution >= 0.6 is 19.4 Å². The van der Waals surface area contributed by atoms with Crippen molar-refractivity contribution in [1.82, 2.24) is 0 Å². The van der Waals surface area contributed by atoms with E-state index in [4.69, 9.17) is 26.6 Å². The lowest BCUT2D eigenvalue weighted by molar-refractivity contribution is 0.136. The summed E-state index contributed by atoms with van der Waals surface area (Å²) in [4.78, 5) is 17.4. The fourth-order valence-electron chi connectivity index (χ4n) is 1.14. The largest absolute Gasteiger partial charge is 0.470 e. The normalized spacial score (nSPS) is 13.1. The number of nitriles is 1. The van der Waals surface area contributed by atoms with Crippen molar-refractivity contribution >= 4 is 19.4 Å². The molecule has 0 aliphatic carbocycles. The Balaban J connectivity index is 2.90. The van der Waals surface area contributed by atoms with Crippen molar-refractivity contribution in [1.29, 1.82) is 5.26 Å². The molecule has 16 heavy (non-hydrogen) atoms. The maximum atomic E-state index is 10.7. The van der Waals surface area contributed by atoms with Gasteiger partial charge in [-0.05, 0) is 17.7 Å². The van der Waals surface area contributed by atoms with Crippen LogP contribution in [0.3, 0.4) is 0 Å². The Morgan fingerprint density at radius 3 is 2.44 bits per heavy atom. The van der Waals surface area contributed by atoms with E-state index in [0.29, 0.717) is 10.6 Å². The topological polar surface area (TPSA) is 90.5 Å². The molecule has 0 saturated heterocycles. The van der Waals surface area contributed by atoms with Crippen molar-refractivity contribution < 1.29 is 18.9 Å². The van der Waals surface area contributed by atoms with Gasteiger partial charge in [-0.3, -0.25) is 4.52 Å². The summed E-state index contributed by atoms with van der Waals surface area (Å²) in [7, 11) is -4.61. The van der Waals surface area contributed by atoms with Gasteiger partial charge in [0.1, 0.15) is 6.10 Å². The zero-order valence-corrected chi connectivity index (χ0v) is 9.73. The second-order valence-electron chi connectivity index (χ2n) is 3.00. The van der Waals surface area contributed by atoms with Crippen LogP contribution in [0.5, 0.6) is 0 Å². The summed E-state index contributed by atoms with van der Waals surface area (Å²) >= 11 is 5.67. The number of benzene rings is 1. The van der Waals surface area contributed by atoms with Crippen LogP contribution in [0.2, 0.25) is 5.02 Å². The van der Waals surface area contributed by atoms with Crippen LogP contribution in [0.1, 0.15) is 18.1 Å². The van der Waals surface area contributed by atoms with Gasteiger partial charge in [-0.2, -0.15) is 5.26 Å². The van der Waals surface area contributed by atoms with Gasteiger partial charge in [0.15, 0.2) is 0 Å². The fraction of sp³-hybridized carbons (Fsp3) is 0.222. The standard InChI is InChI=1S/C9H9ClNO4P/c10-8-3-1-7(2-4-8)9(5-6-11)15-16(12,13)14/h1-4,9H,5H2,(H2,12,13,14). The predicted molar refractivity (Wildman–Crippen MR) is 57.6 cm³/mol. The number of halogens is 1. The van der Waals surface area contributed by atoms with Crippen LogP contribution in [0.25, 0.3) is 0 Å². The monoisotopic (exact) mass is 261 g/mol. The Bertz CT molecular complexity index is 436. The second-order valence-corrected chi connectivity index (χ2v) is 4.63. The molecule has 5 nitrogen and oxygen atoms in total. The van der Waals surface area contributed by atoms with E-state index >= 15 is 0 Å². The van der Waals surface area contributed by atoms with Crippen molar-refractivity contribution in [3.8, 4) is 6.07 Å². The molecule has 2 N–H and O–H groups in total. The first-order valence-electron chi connectivity index (χ1n) is 4.29. The average Bonchev–Trinajstić information content (AvgIpc) is 2.16. The summed E-state index contributed by atoms with van der Waals surface area (Å²) in [5.41, 5.74) is 0.495. The highest BCUT2D eigenvalue weighted by molar-refractivity contribution is 7.46. The van der Waals surface area contributed by atoms with E-state index in [-0.39, 0.29) is 6.42 Å². The van der Waals surface area contributed by atoms with E-state index in [2.05, 4.69) is 4.52 Å². The molecule has 0 aromatic heterocycles. The second kappa shape index (κ2) is 5.44. The predicted octanol–water partition coefficient (Wildman–Crippen LogP) is 2.40. The molecule has 1 aromatic carbocycles. The Morgan fingerprint density at radius 1 is 1.44 bits per heavy atom. The summed E-state index contributed by atoms with van der Waals surface area (Å²) in [6.07, 6.45) is -1.10. The number of rotatable bonds is 4. The Kier molecular flexibility index (Phi) is 4.48. The number of hydrogen-bond acceptors (Lipinski definition) is 3. The minimum atomic E-state index is -4.61. The zero-order chi connectivity index (χ0) is 12.2. The fourth-order valence-corrected chi connectivity index (χ4v) is 1.80. The SMILES string of the molecule is N#CCC(OP(=O)(O)O)c1ccc(Cl)cc1. The molecule has 0 spiro atoms. The molecule has 7 heteroatoms. The average molecular weight is 262 g/mol. The van der Waals surface area contributed by atoms with Crippen LogP contribution < -0.4 is 0 Å². The minimum absolute atomic E-state index is 0.146. The molecule has 1 unspecified atom stereocenters. The van der Waals surface area contributed by atoms with Crippen molar-refractivity contribution in [2.75, 3.05) is 0 Å². The van der Waals surface area contributed by atoms with Gasteiger partial charge < -0.3 is 9.79 Å². The lowest BCUT2D eigenvalue weighted by Gasteiger charge is -2.15. The summed E-state index contributed by atoms with van der Waals surface area (Å²) in [6.45, 7) is 0. The minimum Gasteiger partial charge on any atom is -0.303 e. The van der Waals surface area contributed by atoms with E-state index in [1.165, 1.54) is 0 Å². The van der Waals surface area contributed by atoms with Crippen LogP contribution in [0.15, 0.2) is 24.3 Å². The molecule has 0 saturated carbocycles. The number of hydrogen-bond donors (Lipinski definition) is 2. The highest BCUT2D eigenvalue weighted by atomic mass is 35.5. The molecule has 0 aliphatic rings. The lowest BCUT2D eigenvalue weighted by atomic mass is 10.1. The van der Waals surface area contributed by atoms with Crippen molar-refractivity contribution in [2.45, 2.75) is 12.5 Å². The molecule has 1 aromatic rings. The first kappa shape index (κ1) is 13.2. The lowest BCUT2D eigenvalue weighted by Crippen LogP contribution is -2.01. The Hall–Kier alpha value is -0.890. The Labute approximate surface area is 97.5 Å². The maximum Gasteiger partial charge on any atom is 0.470 e. The van der Waals surface area contributed by atoms with E-state index < -0.39 is 13.9 Å². The summed E-state index contributed by atoms with van der Waals surface area (Å²) in [5, 5.41) is 9.04. The third-order valence-electron chi connectivity index (χ3n) is 1.78. The van der Waals surface area contributed by atoms with Gasteiger partial charge in [-0.1, -0.05) is 23.7 Å². The number of phosphoric acid groups is 1. The highest BCUT2D eigenvalue weighted by Crippen LogP contribution is 2.43. The third-order valence-corrected chi connectivity index (χ3v) is 2.56. The summed E-state index contributed by atoms with van der Waals surface area (Å²) in [6, 6.07) is 8.03. The maximum absolute atomic E-state index is 10.7. The van der Waals surface area contributed by atoms with Gasteiger partial charge in [0.05, 0.1) is 12.5 Å². The number of phosphoric ester groups is 1.